The van der Waals surface area contributed by atoms with Crippen LogP contribution in [-0.2, 0) is 6.42 Å². The molecule has 2 heterocycles. The lowest BCUT2D eigenvalue weighted by Gasteiger charge is -2.43. The van der Waals surface area contributed by atoms with Crippen LogP contribution in [0.5, 0.6) is 5.75 Å². The second-order valence-electron chi connectivity index (χ2n) is 10.9. The van der Waals surface area contributed by atoms with Crippen LogP contribution in [0.15, 0.2) is 36.4 Å². The predicted octanol–water partition coefficient (Wildman–Crippen LogP) is 6.98. The van der Waals surface area contributed by atoms with E-state index in [0.29, 0.717) is 31.6 Å². The van der Waals surface area contributed by atoms with E-state index in [1.54, 1.807) is 0 Å². The van der Waals surface area contributed by atoms with Gasteiger partial charge in [-0.15, -0.1) is 0 Å². The first-order valence-electron chi connectivity index (χ1n) is 13.6. The van der Waals surface area contributed by atoms with Crippen molar-refractivity contribution < 1.29 is 22.3 Å². The maximum absolute atomic E-state index is 15.7. The molecule has 0 unspecified atom stereocenters. The topological polar surface area (TPSA) is 31.5 Å². The largest absolute Gasteiger partial charge is 0.492 e. The number of nitrogens with one attached hydrogen (secondary N) is 1. The van der Waals surface area contributed by atoms with Crippen LogP contribution in [0.1, 0.15) is 63.4 Å². The lowest BCUT2D eigenvalue weighted by molar-refractivity contribution is 0.0642. The normalized spacial score (nSPS) is 18.3. The first-order valence-corrected chi connectivity index (χ1v) is 13.6. The quantitative estimate of drug-likeness (QED) is 0.255. The van der Waals surface area contributed by atoms with Crippen molar-refractivity contribution in [1.82, 2.24) is 14.8 Å². The summed E-state index contributed by atoms with van der Waals surface area (Å²) in [5, 5.41) is 1.02. The Kier molecular flexibility index (Phi) is 9.04. The van der Waals surface area contributed by atoms with E-state index in [-0.39, 0.29) is 37.2 Å². The van der Waals surface area contributed by atoms with Crippen molar-refractivity contribution in [3.05, 3.63) is 64.9 Å². The third-order valence-corrected chi connectivity index (χ3v) is 7.23. The molecule has 4 nitrogen and oxygen atoms in total. The van der Waals surface area contributed by atoms with Crippen molar-refractivity contribution in [1.29, 1.82) is 0 Å². The molecule has 0 fully saturated rings. The Labute approximate surface area is 223 Å². The number of benzene rings is 2. The molecular formula is C30H39F4N3O. The molecule has 0 aliphatic carbocycles. The second kappa shape index (κ2) is 12.1. The Bertz CT molecular complexity index is 1200. The minimum absolute atomic E-state index is 0.0247. The Balaban J connectivity index is 1.66. The first kappa shape index (κ1) is 28.4. The van der Waals surface area contributed by atoms with Gasteiger partial charge in [-0.25, -0.2) is 13.2 Å². The number of ether oxygens (including phenoxy) is 1. The number of hydrogen-bond donors (Lipinski definition) is 1. The predicted molar refractivity (Wildman–Crippen MR) is 144 cm³/mol. The number of hydrogen-bond acceptors (Lipinski definition) is 3. The molecule has 1 aromatic heterocycles. The van der Waals surface area contributed by atoms with Gasteiger partial charge in [-0.05, 0) is 58.2 Å². The lowest BCUT2D eigenvalue weighted by Crippen LogP contribution is -2.48. The van der Waals surface area contributed by atoms with Crippen LogP contribution in [0.4, 0.5) is 17.6 Å². The van der Waals surface area contributed by atoms with Crippen LogP contribution in [0.25, 0.3) is 10.9 Å². The van der Waals surface area contributed by atoms with Gasteiger partial charge in [0.25, 0.3) is 0 Å². The standard InChI is InChI=1S/C30H39F4N3O/c1-5-12-36(13-8-11-31)14-15-38-21-17-24(32)27(25(33)18-21)29-28-23(22-9-6-7-10-26(22)35-28)16-20(2)37(29)19-30(3,4)34/h6-7,9-10,17-18,20,29,35H,5,8,11-16,19H2,1-4H3/t20-,29-/m1/s1. The monoisotopic (exact) mass is 533 g/mol. The number of H-pyrrole nitrogens is 1. The van der Waals surface area contributed by atoms with E-state index >= 15 is 8.78 Å². The van der Waals surface area contributed by atoms with Gasteiger partial charge in [0.1, 0.15) is 29.7 Å². The van der Waals surface area contributed by atoms with Crippen molar-refractivity contribution in [2.45, 2.75) is 64.7 Å². The first-order chi connectivity index (χ1) is 18.1. The van der Waals surface area contributed by atoms with Gasteiger partial charge >= 0.3 is 0 Å². The van der Waals surface area contributed by atoms with Crippen molar-refractivity contribution in [3.63, 3.8) is 0 Å². The van der Waals surface area contributed by atoms with Crippen molar-refractivity contribution in [2.75, 3.05) is 39.5 Å². The summed E-state index contributed by atoms with van der Waals surface area (Å²) >= 11 is 0. The maximum atomic E-state index is 15.7. The fraction of sp³-hybridized carbons (Fsp3) is 0.533. The molecule has 2 aromatic carbocycles. The highest BCUT2D eigenvalue weighted by molar-refractivity contribution is 5.85. The van der Waals surface area contributed by atoms with Gasteiger partial charge in [0.2, 0.25) is 0 Å². The molecule has 0 amide bonds. The van der Waals surface area contributed by atoms with Crippen LogP contribution >= 0.6 is 0 Å². The van der Waals surface area contributed by atoms with Gasteiger partial charge in [-0.3, -0.25) is 14.2 Å². The molecule has 208 valence electrons. The fourth-order valence-corrected chi connectivity index (χ4v) is 5.63. The lowest BCUT2D eigenvalue weighted by atomic mass is 9.87. The summed E-state index contributed by atoms with van der Waals surface area (Å²) in [6, 6.07) is 9.28. The number of rotatable bonds is 12. The summed E-state index contributed by atoms with van der Waals surface area (Å²) in [5.41, 5.74) is 0.925. The number of aromatic nitrogens is 1. The van der Waals surface area contributed by atoms with Crippen molar-refractivity contribution in [2.24, 2.45) is 0 Å². The third-order valence-electron chi connectivity index (χ3n) is 7.23. The minimum atomic E-state index is -1.56. The zero-order chi connectivity index (χ0) is 27.4. The number of para-hydroxylation sites is 1. The molecule has 4 rings (SSSR count). The molecule has 1 aliphatic heterocycles. The molecule has 0 radical (unpaired) electrons. The van der Waals surface area contributed by atoms with Gasteiger partial charge in [-0.2, -0.15) is 0 Å². The average Bonchev–Trinajstić information content (AvgIpc) is 3.21. The van der Waals surface area contributed by atoms with Gasteiger partial charge in [0.15, 0.2) is 0 Å². The number of nitrogens with zero attached hydrogens (tertiary/aromatic N) is 2. The van der Waals surface area contributed by atoms with Crippen LogP contribution in [0.2, 0.25) is 0 Å². The van der Waals surface area contributed by atoms with E-state index in [4.69, 9.17) is 4.74 Å². The van der Waals surface area contributed by atoms with E-state index in [2.05, 4.69) is 9.88 Å². The highest BCUT2D eigenvalue weighted by Gasteiger charge is 2.41. The third kappa shape index (κ3) is 6.34. The summed E-state index contributed by atoms with van der Waals surface area (Å²) in [6.07, 6.45) is 2.01. The van der Waals surface area contributed by atoms with Gasteiger partial charge < -0.3 is 9.72 Å². The minimum Gasteiger partial charge on any atom is -0.492 e. The molecule has 0 saturated carbocycles. The molecule has 0 spiro atoms. The van der Waals surface area contributed by atoms with Crippen LogP contribution in [-0.4, -0.2) is 66.0 Å². The van der Waals surface area contributed by atoms with E-state index < -0.39 is 23.3 Å². The Morgan fingerprint density at radius 3 is 2.47 bits per heavy atom. The summed E-state index contributed by atoms with van der Waals surface area (Å²) in [5.74, 6) is -1.36. The van der Waals surface area contributed by atoms with Crippen LogP contribution in [0.3, 0.4) is 0 Å². The Hall–Kier alpha value is -2.58. The van der Waals surface area contributed by atoms with E-state index in [0.717, 1.165) is 29.4 Å². The number of halogens is 4. The second-order valence-corrected chi connectivity index (χ2v) is 10.9. The Morgan fingerprint density at radius 2 is 1.82 bits per heavy atom. The highest BCUT2D eigenvalue weighted by atomic mass is 19.1. The molecule has 8 heteroatoms. The SMILES string of the molecule is CCCN(CCCF)CCOc1cc(F)c([C@@H]2c3[nH]c4ccccc4c3C[C@@H](C)N2CC(C)(C)F)c(F)c1. The summed E-state index contributed by atoms with van der Waals surface area (Å²) in [4.78, 5) is 7.32. The van der Waals surface area contributed by atoms with Crippen LogP contribution in [0, 0.1) is 11.6 Å². The zero-order valence-electron chi connectivity index (χ0n) is 22.8. The van der Waals surface area contributed by atoms with Gasteiger partial charge in [0.05, 0.1) is 12.7 Å². The van der Waals surface area contributed by atoms with Gasteiger partial charge in [0, 0.05) is 60.0 Å². The fourth-order valence-electron chi connectivity index (χ4n) is 5.63. The molecule has 0 bridgehead atoms. The Morgan fingerprint density at radius 1 is 1.11 bits per heavy atom. The van der Waals surface area contributed by atoms with Crippen molar-refractivity contribution >= 4 is 10.9 Å². The molecule has 3 aromatic rings. The molecule has 1 aliphatic rings. The average molecular weight is 534 g/mol. The summed E-state index contributed by atoms with van der Waals surface area (Å²) < 4.78 is 64.7. The molecular weight excluding hydrogens is 494 g/mol. The summed E-state index contributed by atoms with van der Waals surface area (Å²) in [7, 11) is 0. The molecule has 38 heavy (non-hydrogen) atoms. The highest BCUT2D eigenvalue weighted by Crippen LogP contribution is 2.43. The van der Waals surface area contributed by atoms with Crippen molar-refractivity contribution in [3.8, 4) is 5.75 Å². The number of fused-ring (bicyclic) bond motifs is 3. The molecule has 2 atom stereocenters. The number of alkyl halides is 2. The van der Waals surface area contributed by atoms with E-state index in [1.807, 2.05) is 43.0 Å². The smallest absolute Gasteiger partial charge is 0.135 e. The van der Waals surface area contributed by atoms with E-state index in [1.165, 1.54) is 26.0 Å². The molecule has 0 saturated heterocycles. The van der Waals surface area contributed by atoms with Crippen LogP contribution < -0.4 is 4.74 Å². The summed E-state index contributed by atoms with van der Waals surface area (Å²) in [6.45, 7) is 8.82. The zero-order valence-corrected chi connectivity index (χ0v) is 22.8. The molecule has 1 N–H and O–H groups in total. The van der Waals surface area contributed by atoms with Gasteiger partial charge in [-0.1, -0.05) is 25.1 Å². The maximum Gasteiger partial charge on any atom is 0.135 e. The van der Waals surface area contributed by atoms with E-state index in [9.17, 15) is 8.78 Å². The number of aromatic amines is 1.